The second-order valence-corrected chi connectivity index (χ2v) is 4.63. The zero-order chi connectivity index (χ0) is 13.1. The summed E-state index contributed by atoms with van der Waals surface area (Å²) in [6.45, 7) is 3.79. The lowest BCUT2D eigenvalue weighted by atomic mass is 10.2. The van der Waals surface area contributed by atoms with E-state index in [1.807, 2.05) is 0 Å². The van der Waals surface area contributed by atoms with Gasteiger partial charge in [-0.15, -0.1) is 0 Å². The number of aromatic nitrogens is 1. The van der Waals surface area contributed by atoms with Crippen molar-refractivity contribution in [1.82, 2.24) is 14.8 Å². The molecule has 96 valence electrons. The number of hydrogen-bond donors (Lipinski definition) is 0. The van der Waals surface area contributed by atoms with Crippen LogP contribution in [0, 0.1) is 0 Å². The Bertz CT molecular complexity index is 470. The first-order valence-corrected chi connectivity index (χ1v) is 6.11. The van der Waals surface area contributed by atoms with Gasteiger partial charge in [-0.1, -0.05) is 11.6 Å². The fourth-order valence-corrected chi connectivity index (χ4v) is 2.11. The highest BCUT2D eigenvalue weighted by molar-refractivity contribution is 6.30. The maximum atomic E-state index is 12.2. The van der Waals surface area contributed by atoms with Gasteiger partial charge in [0.15, 0.2) is 0 Å². The number of pyridine rings is 1. The van der Waals surface area contributed by atoms with E-state index in [4.69, 9.17) is 11.6 Å². The number of carbonyl (C=O) groups excluding carboxylic acids is 2. The maximum absolute atomic E-state index is 12.2. The van der Waals surface area contributed by atoms with E-state index >= 15 is 0 Å². The van der Waals surface area contributed by atoms with Crippen LogP contribution in [-0.2, 0) is 4.79 Å². The van der Waals surface area contributed by atoms with Crippen molar-refractivity contribution in [3.8, 4) is 0 Å². The highest BCUT2D eigenvalue weighted by Crippen LogP contribution is 2.12. The molecular formula is C12H14ClN3O2. The fraction of sp³-hybridized carbons (Fsp3) is 0.417. The number of halogens is 1. The first-order valence-electron chi connectivity index (χ1n) is 5.73. The van der Waals surface area contributed by atoms with Gasteiger partial charge in [0, 0.05) is 45.5 Å². The van der Waals surface area contributed by atoms with Crippen LogP contribution in [0.5, 0.6) is 0 Å². The molecule has 0 radical (unpaired) electrons. The van der Waals surface area contributed by atoms with Crippen molar-refractivity contribution in [3.63, 3.8) is 0 Å². The van der Waals surface area contributed by atoms with Gasteiger partial charge in [-0.2, -0.15) is 0 Å². The van der Waals surface area contributed by atoms with Gasteiger partial charge < -0.3 is 9.80 Å². The smallest absolute Gasteiger partial charge is 0.255 e. The third kappa shape index (κ3) is 2.79. The van der Waals surface area contributed by atoms with E-state index in [1.165, 1.54) is 12.4 Å². The van der Waals surface area contributed by atoms with Crippen molar-refractivity contribution < 1.29 is 9.59 Å². The van der Waals surface area contributed by atoms with E-state index < -0.39 is 0 Å². The lowest BCUT2D eigenvalue weighted by molar-refractivity contribution is -0.130. The van der Waals surface area contributed by atoms with Crippen molar-refractivity contribution >= 4 is 23.4 Å². The summed E-state index contributed by atoms with van der Waals surface area (Å²) in [6.07, 6.45) is 3.00. The van der Waals surface area contributed by atoms with Gasteiger partial charge in [0.25, 0.3) is 5.91 Å². The van der Waals surface area contributed by atoms with Gasteiger partial charge in [-0.3, -0.25) is 14.6 Å². The monoisotopic (exact) mass is 267 g/mol. The van der Waals surface area contributed by atoms with Crippen molar-refractivity contribution in [2.24, 2.45) is 0 Å². The van der Waals surface area contributed by atoms with Gasteiger partial charge in [0.1, 0.15) is 0 Å². The summed E-state index contributed by atoms with van der Waals surface area (Å²) >= 11 is 5.81. The summed E-state index contributed by atoms with van der Waals surface area (Å²) in [5.41, 5.74) is 0.485. The molecule has 0 unspecified atom stereocenters. The maximum Gasteiger partial charge on any atom is 0.255 e. The Kier molecular flexibility index (Phi) is 3.81. The van der Waals surface area contributed by atoms with E-state index in [1.54, 1.807) is 22.8 Å². The Hall–Kier alpha value is -1.62. The molecule has 2 rings (SSSR count). The molecule has 0 N–H and O–H groups in total. The molecule has 6 heteroatoms. The molecule has 0 aromatic carbocycles. The molecule has 1 fully saturated rings. The van der Waals surface area contributed by atoms with Crippen molar-refractivity contribution in [3.05, 3.63) is 29.0 Å². The normalized spacial score (nSPS) is 15.7. The Balaban J connectivity index is 2.02. The Labute approximate surface area is 110 Å². The minimum absolute atomic E-state index is 0.0477. The molecule has 1 aromatic rings. The summed E-state index contributed by atoms with van der Waals surface area (Å²) in [4.78, 5) is 30.7. The summed E-state index contributed by atoms with van der Waals surface area (Å²) in [7, 11) is 0. The largest absolute Gasteiger partial charge is 0.339 e. The van der Waals surface area contributed by atoms with Crippen LogP contribution >= 0.6 is 11.6 Å². The van der Waals surface area contributed by atoms with E-state index in [9.17, 15) is 9.59 Å². The molecule has 5 nitrogen and oxygen atoms in total. The minimum Gasteiger partial charge on any atom is -0.339 e. The Morgan fingerprint density at radius 2 is 1.78 bits per heavy atom. The highest BCUT2D eigenvalue weighted by Gasteiger charge is 2.23. The van der Waals surface area contributed by atoms with Crippen LogP contribution in [0.25, 0.3) is 0 Å². The molecule has 2 amide bonds. The van der Waals surface area contributed by atoms with Crippen LogP contribution < -0.4 is 0 Å². The second kappa shape index (κ2) is 5.35. The summed E-state index contributed by atoms with van der Waals surface area (Å²) in [6, 6.07) is 1.61. The number of carbonyl (C=O) groups is 2. The van der Waals surface area contributed by atoms with E-state index in [0.717, 1.165) is 0 Å². The van der Waals surface area contributed by atoms with E-state index in [2.05, 4.69) is 4.98 Å². The number of nitrogens with zero attached hydrogens (tertiary/aromatic N) is 3. The predicted molar refractivity (Wildman–Crippen MR) is 67.4 cm³/mol. The predicted octanol–water partition coefficient (Wildman–Crippen LogP) is 1.04. The average Bonchev–Trinajstić information content (AvgIpc) is 2.38. The zero-order valence-corrected chi connectivity index (χ0v) is 10.9. The SMILES string of the molecule is CC(=O)N1CCN(C(=O)c2cncc(Cl)c2)CC1. The van der Waals surface area contributed by atoms with Gasteiger partial charge in [-0.05, 0) is 6.07 Å². The molecule has 18 heavy (non-hydrogen) atoms. The highest BCUT2D eigenvalue weighted by atomic mass is 35.5. The van der Waals surface area contributed by atoms with Gasteiger partial charge in [0.2, 0.25) is 5.91 Å². The molecule has 0 saturated carbocycles. The van der Waals surface area contributed by atoms with E-state index in [0.29, 0.717) is 36.8 Å². The topological polar surface area (TPSA) is 53.5 Å². The van der Waals surface area contributed by atoms with Crippen LogP contribution in [0.4, 0.5) is 0 Å². The van der Waals surface area contributed by atoms with Crippen LogP contribution in [0.3, 0.4) is 0 Å². The first-order chi connectivity index (χ1) is 8.58. The van der Waals surface area contributed by atoms with Crippen molar-refractivity contribution in [2.75, 3.05) is 26.2 Å². The first kappa shape index (κ1) is 12.8. The number of piperazine rings is 1. The molecule has 1 aromatic heterocycles. The Morgan fingerprint density at radius 3 is 2.33 bits per heavy atom. The van der Waals surface area contributed by atoms with Crippen molar-refractivity contribution in [2.45, 2.75) is 6.92 Å². The molecule has 0 bridgehead atoms. The number of rotatable bonds is 1. The van der Waals surface area contributed by atoms with Crippen LogP contribution in [0.2, 0.25) is 5.02 Å². The fourth-order valence-electron chi connectivity index (χ4n) is 1.94. The van der Waals surface area contributed by atoms with Crippen LogP contribution in [0.15, 0.2) is 18.5 Å². The third-order valence-corrected chi connectivity index (χ3v) is 3.17. The Morgan fingerprint density at radius 1 is 1.17 bits per heavy atom. The number of amides is 2. The average molecular weight is 268 g/mol. The van der Waals surface area contributed by atoms with E-state index in [-0.39, 0.29) is 11.8 Å². The third-order valence-electron chi connectivity index (χ3n) is 2.96. The molecule has 2 heterocycles. The molecule has 0 spiro atoms. The van der Waals surface area contributed by atoms with Crippen LogP contribution in [-0.4, -0.2) is 52.8 Å². The van der Waals surface area contributed by atoms with Crippen molar-refractivity contribution in [1.29, 1.82) is 0 Å². The summed E-state index contributed by atoms with van der Waals surface area (Å²) < 4.78 is 0. The van der Waals surface area contributed by atoms with Gasteiger partial charge >= 0.3 is 0 Å². The lowest BCUT2D eigenvalue weighted by Crippen LogP contribution is -2.50. The van der Waals surface area contributed by atoms with Gasteiger partial charge in [0.05, 0.1) is 10.6 Å². The molecule has 0 aliphatic carbocycles. The molecular weight excluding hydrogens is 254 g/mol. The lowest BCUT2D eigenvalue weighted by Gasteiger charge is -2.34. The quantitative estimate of drug-likeness (QED) is 0.764. The standard InChI is InChI=1S/C12H14ClN3O2/c1-9(17)15-2-4-16(5-3-15)12(18)10-6-11(13)8-14-7-10/h6-8H,2-5H2,1H3. The molecule has 1 saturated heterocycles. The number of hydrogen-bond acceptors (Lipinski definition) is 3. The summed E-state index contributed by atoms with van der Waals surface area (Å²) in [5.74, 6) is -0.0419. The molecule has 0 atom stereocenters. The van der Waals surface area contributed by atoms with Gasteiger partial charge in [-0.25, -0.2) is 0 Å². The summed E-state index contributed by atoms with van der Waals surface area (Å²) in [5, 5.41) is 0.447. The van der Waals surface area contributed by atoms with Crippen LogP contribution in [0.1, 0.15) is 17.3 Å². The minimum atomic E-state index is -0.0896. The zero-order valence-electron chi connectivity index (χ0n) is 10.1. The second-order valence-electron chi connectivity index (χ2n) is 4.19. The molecule has 1 aliphatic rings. The molecule has 1 aliphatic heterocycles.